The molecule has 0 aliphatic carbocycles. The summed E-state index contributed by atoms with van der Waals surface area (Å²) >= 11 is 0. The molecule has 1 aromatic heterocycles. The second-order valence-corrected chi connectivity index (χ2v) is 10.4. The molecule has 2 aromatic rings. The van der Waals surface area contributed by atoms with Crippen LogP contribution in [0.4, 0.5) is 0 Å². The molecule has 0 saturated heterocycles. The van der Waals surface area contributed by atoms with Crippen LogP contribution in [0.2, 0.25) is 0 Å². The monoisotopic (exact) mass is 541 g/mol. The lowest BCUT2D eigenvalue weighted by Gasteiger charge is -2.13. The van der Waals surface area contributed by atoms with E-state index in [1.807, 2.05) is 37.5 Å². The Bertz CT molecular complexity index is 918. The predicted octanol–water partition coefficient (Wildman–Crippen LogP) is 7.12. The van der Waals surface area contributed by atoms with Crippen molar-refractivity contribution in [3.63, 3.8) is 0 Å². The molecule has 0 aliphatic rings. The molecule has 0 fully saturated rings. The SMILES string of the molecule is CCCCCCCCCCCCCCCCOc1ccc(OCC(=O)NCCc2cccc[n+]2C)c(OC)c1. The van der Waals surface area contributed by atoms with E-state index in [4.69, 9.17) is 14.2 Å². The molecule has 1 amide bonds. The lowest BCUT2D eigenvalue weighted by atomic mass is 10.0. The number of carbonyl (C=O) groups excluding carboxylic acids is 1. The van der Waals surface area contributed by atoms with E-state index in [1.54, 1.807) is 13.2 Å². The van der Waals surface area contributed by atoms with Crippen LogP contribution in [0, 0.1) is 0 Å². The largest absolute Gasteiger partial charge is 0.493 e. The second kappa shape index (κ2) is 21.1. The molecule has 0 saturated carbocycles. The molecule has 6 heteroatoms. The maximum atomic E-state index is 12.2. The van der Waals surface area contributed by atoms with Crippen LogP contribution in [0.3, 0.4) is 0 Å². The molecule has 0 unspecified atom stereocenters. The molecule has 0 spiro atoms. The van der Waals surface area contributed by atoms with Gasteiger partial charge in [0.1, 0.15) is 12.8 Å². The minimum Gasteiger partial charge on any atom is -0.493 e. The van der Waals surface area contributed by atoms with Gasteiger partial charge in [-0.05, 0) is 18.6 Å². The van der Waals surface area contributed by atoms with Crippen molar-refractivity contribution in [2.45, 2.75) is 103 Å². The summed E-state index contributed by atoms with van der Waals surface area (Å²) in [5.41, 5.74) is 1.16. The zero-order valence-corrected chi connectivity index (χ0v) is 24.8. The van der Waals surface area contributed by atoms with Gasteiger partial charge in [0.25, 0.3) is 5.91 Å². The van der Waals surface area contributed by atoms with Gasteiger partial charge in [0.15, 0.2) is 30.0 Å². The number of carbonyl (C=O) groups is 1. The summed E-state index contributed by atoms with van der Waals surface area (Å²) in [5, 5.41) is 2.91. The normalized spacial score (nSPS) is 10.8. The fourth-order valence-electron chi connectivity index (χ4n) is 4.69. The average Bonchev–Trinajstić information content (AvgIpc) is 2.95. The first-order valence-corrected chi connectivity index (χ1v) is 15.3. The van der Waals surface area contributed by atoms with Crippen LogP contribution in [-0.2, 0) is 18.3 Å². The summed E-state index contributed by atoms with van der Waals surface area (Å²) in [6.07, 6.45) is 21.6. The zero-order chi connectivity index (χ0) is 28.0. The highest BCUT2D eigenvalue weighted by Gasteiger charge is 2.10. The molecule has 0 bridgehead atoms. The summed E-state index contributed by atoms with van der Waals surface area (Å²) in [4.78, 5) is 12.2. The van der Waals surface area contributed by atoms with Crippen LogP contribution in [0.1, 0.15) is 103 Å². The molecule has 0 aliphatic heterocycles. The molecular weight excluding hydrogens is 488 g/mol. The zero-order valence-electron chi connectivity index (χ0n) is 24.8. The van der Waals surface area contributed by atoms with Gasteiger partial charge in [0.05, 0.1) is 13.7 Å². The van der Waals surface area contributed by atoms with E-state index in [0.29, 0.717) is 24.7 Å². The van der Waals surface area contributed by atoms with Crippen LogP contribution < -0.4 is 24.1 Å². The highest BCUT2D eigenvalue weighted by atomic mass is 16.5. The van der Waals surface area contributed by atoms with Crippen molar-refractivity contribution >= 4 is 5.91 Å². The minimum absolute atomic E-state index is 0.0590. The van der Waals surface area contributed by atoms with E-state index in [1.165, 1.54) is 83.5 Å². The van der Waals surface area contributed by atoms with Gasteiger partial charge in [0.2, 0.25) is 0 Å². The molecular formula is C33H53N2O4+. The predicted molar refractivity (Wildman–Crippen MR) is 159 cm³/mol. The fourth-order valence-corrected chi connectivity index (χ4v) is 4.69. The summed E-state index contributed by atoms with van der Waals surface area (Å²) in [5.74, 6) is 1.70. The first-order valence-electron chi connectivity index (χ1n) is 15.3. The van der Waals surface area contributed by atoms with Crippen LogP contribution >= 0.6 is 0 Å². The number of nitrogens with zero attached hydrogens (tertiary/aromatic N) is 1. The topological polar surface area (TPSA) is 60.7 Å². The number of methoxy groups -OCH3 is 1. The minimum atomic E-state index is -0.159. The number of hydrogen-bond acceptors (Lipinski definition) is 4. The molecule has 0 atom stereocenters. The van der Waals surface area contributed by atoms with Gasteiger partial charge >= 0.3 is 0 Å². The number of benzene rings is 1. The molecule has 1 aromatic carbocycles. The number of aromatic nitrogens is 1. The number of ether oxygens (including phenoxy) is 3. The first-order chi connectivity index (χ1) is 19.1. The van der Waals surface area contributed by atoms with E-state index in [9.17, 15) is 4.79 Å². The lowest BCUT2D eigenvalue weighted by molar-refractivity contribution is -0.679. The maximum Gasteiger partial charge on any atom is 0.257 e. The van der Waals surface area contributed by atoms with E-state index >= 15 is 0 Å². The lowest BCUT2D eigenvalue weighted by Crippen LogP contribution is -2.36. The Morgan fingerprint density at radius 3 is 2.05 bits per heavy atom. The molecule has 0 radical (unpaired) electrons. The van der Waals surface area contributed by atoms with Crippen molar-refractivity contribution in [1.29, 1.82) is 0 Å². The maximum absolute atomic E-state index is 12.2. The Hall–Kier alpha value is -2.76. The van der Waals surface area contributed by atoms with Crippen molar-refractivity contribution in [3.05, 3.63) is 48.3 Å². The second-order valence-electron chi connectivity index (χ2n) is 10.4. The summed E-state index contributed by atoms with van der Waals surface area (Å²) < 4.78 is 19.1. The standard InChI is InChI=1S/C33H52N2O4/c1-4-5-6-7-8-9-10-11-12-13-14-15-16-19-26-38-30-21-22-31(32(27-30)37-3)39-28-33(36)34-24-23-29-20-17-18-25-35(29)2/h17-18,20-22,25,27H,4-16,19,23-24,26,28H2,1-3H3/p+1. The molecule has 39 heavy (non-hydrogen) atoms. The van der Waals surface area contributed by atoms with Crippen molar-refractivity contribution < 1.29 is 23.6 Å². The van der Waals surface area contributed by atoms with Crippen LogP contribution in [0.25, 0.3) is 0 Å². The van der Waals surface area contributed by atoms with Crippen LogP contribution in [0.5, 0.6) is 17.2 Å². The van der Waals surface area contributed by atoms with E-state index in [0.717, 1.165) is 24.3 Å². The average molecular weight is 542 g/mol. The number of unbranched alkanes of at least 4 members (excludes halogenated alkanes) is 13. The number of pyridine rings is 1. The van der Waals surface area contributed by atoms with Gasteiger partial charge in [-0.1, -0.05) is 96.5 Å². The van der Waals surface area contributed by atoms with E-state index in [-0.39, 0.29) is 12.5 Å². The number of aryl methyl sites for hydroxylation is 1. The van der Waals surface area contributed by atoms with Crippen molar-refractivity contribution in [2.24, 2.45) is 7.05 Å². The van der Waals surface area contributed by atoms with E-state index < -0.39 is 0 Å². The van der Waals surface area contributed by atoms with Crippen molar-refractivity contribution in [2.75, 3.05) is 26.9 Å². The summed E-state index contributed by atoms with van der Waals surface area (Å²) in [6.45, 7) is 3.47. The van der Waals surface area contributed by atoms with Gasteiger partial charge < -0.3 is 19.5 Å². The van der Waals surface area contributed by atoms with Gasteiger partial charge in [0, 0.05) is 31.2 Å². The Morgan fingerprint density at radius 1 is 0.795 bits per heavy atom. The van der Waals surface area contributed by atoms with Gasteiger partial charge in [-0.15, -0.1) is 0 Å². The highest BCUT2D eigenvalue weighted by molar-refractivity contribution is 5.77. The van der Waals surface area contributed by atoms with Gasteiger partial charge in [-0.25, -0.2) is 4.57 Å². The van der Waals surface area contributed by atoms with Gasteiger partial charge in [-0.2, -0.15) is 0 Å². The highest BCUT2D eigenvalue weighted by Crippen LogP contribution is 2.31. The molecule has 218 valence electrons. The molecule has 1 N–H and O–H groups in total. The molecule has 1 heterocycles. The third-order valence-electron chi connectivity index (χ3n) is 7.13. The number of nitrogens with one attached hydrogen (secondary N) is 1. The van der Waals surface area contributed by atoms with Gasteiger partial charge in [-0.3, -0.25) is 4.79 Å². The Morgan fingerprint density at radius 2 is 1.44 bits per heavy atom. The number of amides is 1. The van der Waals surface area contributed by atoms with E-state index in [2.05, 4.69) is 22.9 Å². The Balaban J connectivity index is 1.51. The van der Waals surface area contributed by atoms with Crippen LogP contribution in [-0.4, -0.2) is 32.8 Å². The Labute approximate surface area is 237 Å². The molecule has 6 nitrogen and oxygen atoms in total. The van der Waals surface area contributed by atoms with Crippen LogP contribution in [0.15, 0.2) is 42.6 Å². The fraction of sp³-hybridized carbons (Fsp3) is 0.636. The summed E-state index contributed by atoms with van der Waals surface area (Å²) in [6, 6.07) is 11.5. The first kappa shape index (κ1) is 32.5. The van der Waals surface area contributed by atoms with Crippen molar-refractivity contribution in [3.8, 4) is 17.2 Å². The summed E-state index contributed by atoms with van der Waals surface area (Å²) in [7, 11) is 3.60. The Kier molecular flexibility index (Phi) is 17.6. The van der Waals surface area contributed by atoms with Crippen molar-refractivity contribution in [1.82, 2.24) is 5.32 Å². The molecule has 2 rings (SSSR count). The third-order valence-corrected chi connectivity index (χ3v) is 7.13. The smallest absolute Gasteiger partial charge is 0.257 e. The number of hydrogen-bond donors (Lipinski definition) is 1. The third kappa shape index (κ3) is 14.8. The number of rotatable bonds is 23. The quantitative estimate of drug-likeness (QED) is 0.120.